The zero-order valence-electron chi connectivity index (χ0n) is 14.1. The third-order valence-corrected chi connectivity index (χ3v) is 4.51. The van der Waals surface area contributed by atoms with Crippen molar-refractivity contribution in [3.63, 3.8) is 0 Å². The molecule has 6 nitrogen and oxygen atoms in total. The Bertz CT molecular complexity index is 755. The molecule has 0 spiro atoms. The number of unbranched alkanes of at least 4 members (excludes halogenated alkanes) is 1. The van der Waals surface area contributed by atoms with Gasteiger partial charge in [0.2, 0.25) is 0 Å². The van der Waals surface area contributed by atoms with Gasteiger partial charge in [0, 0.05) is 13.6 Å². The lowest BCUT2D eigenvalue weighted by atomic mass is 10.1. The predicted molar refractivity (Wildman–Crippen MR) is 98.9 cm³/mol. The molecule has 0 unspecified atom stereocenters. The summed E-state index contributed by atoms with van der Waals surface area (Å²) in [5.41, 5.74) is 3.96. The number of thiophene rings is 1. The summed E-state index contributed by atoms with van der Waals surface area (Å²) in [6.07, 6.45) is 6.11. The summed E-state index contributed by atoms with van der Waals surface area (Å²) < 4.78 is 1.88. The SMILES string of the molecule is CNO.O=Cc1ccc(-c2cn(CCCCc3ccccc3)nn2)s1. The van der Waals surface area contributed by atoms with Gasteiger partial charge in [0.05, 0.1) is 16.0 Å². The number of hydrogen-bond acceptors (Lipinski definition) is 6. The molecule has 0 aliphatic rings. The highest BCUT2D eigenvalue weighted by Gasteiger charge is 2.07. The number of aryl methyl sites for hydroxylation is 2. The second-order valence-corrected chi connectivity index (χ2v) is 6.47. The van der Waals surface area contributed by atoms with Gasteiger partial charge in [-0.3, -0.25) is 9.48 Å². The number of benzene rings is 1. The van der Waals surface area contributed by atoms with Crippen molar-refractivity contribution in [2.45, 2.75) is 25.8 Å². The van der Waals surface area contributed by atoms with Crippen LogP contribution in [0.2, 0.25) is 0 Å². The number of aromatic nitrogens is 3. The molecule has 0 bridgehead atoms. The minimum Gasteiger partial charge on any atom is -0.317 e. The second-order valence-electron chi connectivity index (χ2n) is 5.35. The number of hydroxylamine groups is 1. The Morgan fingerprint density at radius 1 is 1.20 bits per heavy atom. The van der Waals surface area contributed by atoms with Crippen LogP contribution in [0.1, 0.15) is 28.1 Å². The van der Waals surface area contributed by atoms with Gasteiger partial charge in [-0.25, -0.2) is 5.48 Å². The lowest BCUT2D eigenvalue weighted by Gasteiger charge is -2.01. The summed E-state index contributed by atoms with van der Waals surface area (Å²) in [4.78, 5) is 12.4. The average Bonchev–Trinajstić information content (AvgIpc) is 3.29. The first-order valence-electron chi connectivity index (χ1n) is 8.07. The minimum atomic E-state index is 0.715. The van der Waals surface area contributed by atoms with Crippen molar-refractivity contribution in [2.24, 2.45) is 0 Å². The fraction of sp³-hybridized carbons (Fsp3) is 0.278. The van der Waals surface area contributed by atoms with Crippen molar-refractivity contribution in [3.8, 4) is 10.6 Å². The quantitative estimate of drug-likeness (QED) is 0.384. The Hall–Kier alpha value is -2.35. The third-order valence-electron chi connectivity index (χ3n) is 3.48. The van der Waals surface area contributed by atoms with E-state index in [0.29, 0.717) is 4.88 Å². The molecule has 1 aromatic carbocycles. The van der Waals surface area contributed by atoms with Gasteiger partial charge >= 0.3 is 0 Å². The molecule has 0 aliphatic heterocycles. The zero-order valence-corrected chi connectivity index (χ0v) is 14.9. The van der Waals surface area contributed by atoms with Gasteiger partial charge in [-0.2, -0.15) is 0 Å². The number of nitrogens with zero attached hydrogens (tertiary/aromatic N) is 3. The first-order valence-corrected chi connectivity index (χ1v) is 8.88. The van der Waals surface area contributed by atoms with Crippen molar-refractivity contribution < 1.29 is 10.0 Å². The average molecular weight is 358 g/mol. The van der Waals surface area contributed by atoms with Crippen LogP contribution in [0.3, 0.4) is 0 Å². The smallest absolute Gasteiger partial charge is 0.160 e. The monoisotopic (exact) mass is 358 g/mol. The van der Waals surface area contributed by atoms with Gasteiger partial charge in [-0.05, 0) is 37.0 Å². The number of rotatable bonds is 7. The van der Waals surface area contributed by atoms with E-state index < -0.39 is 0 Å². The van der Waals surface area contributed by atoms with Crippen LogP contribution in [0.15, 0.2) is 48.7 Å². The number of carbonyl (C=O) groups is 1. The van der Waals surface area contributed by atoms with E-state index in [0.717, 1.165) is 42.7 Å². The highest BCUT2D eigenvalue weighted by atomic mass is 32.1. The maximum atomic E-state index is 10.7. The van der Waals surface area contributed by atoms with E-state index >= 15 is 0 Å². The van der Waals surface area contributed by atoms with Gasteiger partial charge in [0.1, 0.15) is 5.69 Å². The fourth-order valence-corrected chi connectivity index (χ4v) is 3.09. The first kappa shape index (κ1) is 19.0. The van der Waals surface area contributed by atoms with Gasteiger partial charge in [-0.1, -0.05) is 35.5 Å². The third kappa shape index (κ3) is 6.22. The van der Waals surface area contributed by atoms with Crippen molar-refractivity contribution in [3.05, 3.63) is 59.1 Å². The van der Waals surface area contributed by atoms with Crippen molar-refractivity contribution in [2.75, 3.05) is 7.05 Å². The van der Waals surface area contributed by atoms with E-state index in [1.165, 1.54) is 23.9 Å². The van der Waals surface area contributed by atoms with Gasteiger partial charge in [0.15, 0.2) is 6.29 Å². The minimum absolute atomic E-state index is 0.715. The predicted octanol–water partition coefficient (Wildman–Crippen LogP) is 3.44. The lowest BCUT2D eigenvalue weighted by molar-refractivity contribution is 0.112. The van der Waals surface area contributed by atoms with Gasteiger partial charge < -0.3 is 5.21 Å². The molecule has 3 aromatic rings. The van der Waals surface area contributed by atoms with Crippen molar-refractivity contribution in [1.29, 1.82) is 0 Å². The Morgan fingerprint density at radius 3 is 2.64 bits per heavy atom. The topological polar surface area (TPSA) is 80.0 Å². The summed E-state index contributed by atoms with van der Waals surface area (Å²) in [7, 11) is 1.43. The molecule has 0 saturated carbocycles. The normalized spacial score (nSPS) is 10.2. The molecular formula is C18H22N4O2S. The Kier molecular flexibility index (Phi) is 7.97. The van der Waals surface area contributed by atoms with E-state index in [2.05, 4.69) is 34.6 Å². The molecular weight excluding hydrogens is 336 g/mol. The number of aldehydes is 1. The fourth-order valence-electron chi connectivity index (χ4n) is 2.32. The van der Waals surface area contributed by atoms with E-state index in [9.17, 15) is 4.79 Å². The van der Waals surface area contributed by atoms with Gasteiger partial charge in [-0.15, -0.1) is 16.4 Å². The Balaban J connectivity index is 0.000000701. The first-order chi connectivity index (χ1) is 12.3. The van der Waals surface area contributed by atoms with Crippen LogP contribution < -0.4 is 5.48 Å². The lowest BCUT2D eigenvalue weighted by Crippen LogP contribution is -1.99. The van der Waals surface area contributed by atoms with Crippen LogP contribution in [0.5, 0.6) is 0 Å². The van der Waals surface area contributed by atoms with Crippen LogP contribution in [-0.2, 0) is 13.0 Å². The molecule has 3 rings (SSSR count). The van der Waals surface area contributed by atoms with E-state index in [-0.39, 0.29) is 0 Å². The largest absolute Gasteiger partial charge is 0.317 e. The highest BCUT2D eigenvalue weighted by molar-refractivity contribution is 7.17. The summed E-state index contributed by atoms with van der Waals surface area (Å²) in [5, 5.41) is 15.7. The van der Waals surface area contributed by atoms with Crippen molar-refractivity contribution in [1.82, 2.24) is 20.5 Å². The van der Waals surface area contributed by atoms with Crippen LogP contribution in [-0.4, -0.2) is 33.5 Å². The molecule has 0 aliphatic carbocycles. The summed E-state index contributed by atoms with van der Waals surface area (Å²) in [6.45, 7) is 0.867. The van der Waals surface area contributed by atoms with E-state index in [4.69, 9.17) is 5.21 Å². The molecule has 2 aromatic heterocycles. The molecule has 0 atom stereocenters. The standard InChI is InChI=1S/C17H17N3OS.CH5NO/c21-13-15-9-10-17(22-15)16-12-20(19-18-16)11-5-4-8-14-6-2-1-3-7-14;1-2-3/h1-3,6-7,9-10,12-13H,4-5,8,11H2;2-3H,1H3. The number of hydrogen-bond donors (Lipinski definition) is 2. The molecule has 0 saturated heterocycles. The molecule has 7 heteroatoms. The molecule has 2 heterocycles. The van der Waals surface area contributed by atoms with Crippen LogP contribution in [0.25, 0.3) is 10.6 Å². The van der Waals surface area contributed by atoms with Crippen molar-refractivity contribution >= 4 is 17.6 Å². The summed E-state index contributed by atoms with van der Waals surface area (Å²) in [6, 6.07) is 14.2. The van der Waals surface area contributed by atoms with Gasteiger partial charge in [0.25, 0.3) is 0 Å². The number of nitrogens with one attached hydrogen (secondary N) is 1. The summed E-state index contributed by atoms with van der Waals surface area (Å²) in [5.74, 6) is 0. The molecule has 132 valence electrons. The second kappa shape index (κ2) is 10.5. The molecule has 0 radical (unpaired) electrons. The molecule has 0 fully saturated rings. The maximum Gasteiger partial charge on any atom is 0.160 e. The Morgan fingerprint density at radius 2 is 1.96 bits per heavy atom. The summed E-state index contributed by atoms with van der Waals surface area (Å²) >= 11 is 1.44. The maximum absolute atomic E-state index is 10.7. The molecule has 25 heavy (non-hydrogen) atoms. The Labute approximate surface area is 151 Å². The van der Waals surface area contributed by atoms with E-state index in [1.807, 2.05) is 29.1 Å². The van der Waals surface area contributed by atoms with Crippen LogP contribution in [0.4, 0.5) is 0 Å². The van der Waals surface area contributed by atoms with E-state index in [1.54, 1.807) is 5.48 Å². The van der Waals surface area contributed by atoms with Crippen LogP contribution >= 0.6 is 11.3 Å². The molecule has 0 amide bonds. The van der Waals surface area contributed by atoms with Crippen LogP contribution in [0, 0.1) is 0 Å². The number of carbonyl (C=O) groups excluding carboxylic acids is 1. The molecule has 2 N–H and O–H groups in total. The highest BCUT2D eigenvalue weighted by Crippen LogP contribution is 2.25. The zero-order chi connectivity index (χ0) is 17.9.